The van der Waals surface area contributed by atoms with E-state index >= 15 is 0 Å². The van der Waals surface area contributed by atoms with Crippen LogP contribution >= 0.6 is 39.1 Å². The molecule has 1 aliphatic rings. The van der Waals surface area contributed by atoms with Gasteiger partial charge in [0.1, 0.15) is 22.2 Å². The molecule has 1 unspecified atom stereocenters. The van der Waals surface area contributed by atoms with E-state index in [4.69, 9.17) is 27.9 Å². The zero-order valence-electron chi connectivity index (χ0n) is 6.89. The second-order valence-electron chi connectivity index (χ2n) is 2.88. The maximum atomic E-state index is 11.7. The summed E-state index contributed by atoms with van der Waals surface area (Å²) in [5.41, 5.74) is 0.479. The molecule has 1 aromatic carbocycles. The number of fused-ring (bicyclic) bond motifs is 1. The summed E-state index contributed by atoms with van der Waals surface area (Å²) in [6, 6.07) is 3.22. The molecule has 0 spiro atoms. The van der Waals surface area contributed by atoms with Gasteiger partial charge in [0, 0.05) is 0 Å². The van der Waals surface area contributed by atoms with E-state index in [0.717, 1.165) is 0 Å². The standard InChI is InChI=1S/C9H5BrCl2O2/c10-5-3-14-9-4(8(5)13)1-2-6(11)7(9)12/h1-2,5H,3H2. The predicted octanol–water partition coefficient (Wildman–Crippen LogP) is 3.33. The van der Waals surface area contributed by atoms with Crippen LogP contribution in [0.5, 0.6) is 5.75 Å². The minimum Gasteiger partial charge on any atom is -0.490 e. The van der Waals surface area contributed by atoms with Crippen molar-refractivity contribution in [2.75, 3.05) is 6.61 Å². The van der Waals surface area contributed by atoms with Gasteiger partial charge in [-0.25, -0.2) is 0 Å². The van der Waals surface area contributed by atoms with Gasteiger partial charge in [-0.05, 0) is 12.1 Å². The summed E-state index contributed by atoms with van der Waals surface area (Å²) in [4.78, 5) is 11.4. The van der Waals surface area contributed by atoms with Crippen LogP contribution in [-0.4, -0.2) is 17.2 Å². The van der Waals surface area contributed by atoms with Crippen LogP contribution in [0.15, 0.2) is 12.1 Å². The van der Waals surface area contributed by atoms with E-state index in [1.807, 2.05) is 0 Å². The molecule has 0 saturated carbocycles. The van der Waals surface area contributed by atoms with Gasteiger partial charge in [-0.2, -0.15) is 0 Å². The van der Waals surface area contributed by atoms with Crippen LogP contribution in [-0.2, 0) is 0 Å². The fourth-order valence-corrected chi connectivity index (χ4v) is 2.02. The number of alkyl halides is 1. The van der Waals surface area contributed by atoms with E-state index in [-0.39, 0.29) is 17.2 Å². The average molecular weight is 296 g/mol. The number of halogens is 3. The van der Waals surface area contributed by atoms with Gasteiger partial charge in [0.15, 0.2) is 5.78 Å². The number of ketones is 1. The molecule has 0 aliphatic carbocycles. The highest BCUT2D eigenvalue weighted by molar-refractivity contribution is 9.10. The third-order valence-corrected chi connectivity index (χ3v) is 3.44. The highest BCUT2D eigenvalue weighted by Crippen LogP contribution is 2.38. The molecule has 2 nitrogen and oxygen atoms in total. The Kier molecular flexibility index (Phi) is 2.73. The molecule has 1 heterocycles. The lowest BCUT2D eigenvalue weighted by Gasteiger charge is -2.21. The summed E-state index contributed by atoms with van der Waals surface area (Å²) < 4.78 is 5.33. The van der Waals surface area contributed by atoms with E-state index in [1.54, 1.807) is 12.1 Å². The molecule has 0 bridgehead atoms. The van der Waals surface area contributed by atoms with E-state index in [1.165, 1.54) is 0 Å². The van der Waals surface area contributed by atoms with Gasteiger partial charge in [0.05, 0.1) is 10.6 Å². The van der Waals surface area contributed by atoms with Crippen molar-refractivity contribution < 1.29 is 9.53 Å². The molecule has 0 amide bonds. The molecule has 0 N–H and O–H groups in total. The van der Waals surface area contributed by atoms with Crippen LogP contribution in [0.25, 0.3) is 0 Å². The van der Waals surface area contributed by atoms with E-state index in [9.17, 15) is 4.79 Å². The van der Waals surface area contributed by atoms with Crippen molar-refractivity contribution in [3.8, 4) is 5.75 Å². The molecule has 0 saturated heterocycles. The highest BCUT2D eigenvalue weighted by Gasteiger charge is 2.28. The SMILES string of the molecule is O=C1c2ccc(Cl)c(Cl)c2OCC1Br. The van der Waals surface area contributed by atoms with Crippen LogP contribution in [0.3, 0.4) is 0 Å². The van der Waals surface area contributed by atoms with Gasteiger partial charge < -0.3 is 4.74 Å². The molecule has 5 heteroatoms. The van der Waals surface area contributed by atoms with Crippen LogP contribution in [0.2, 0.25) is 10.0 Å². The minimum atomic E-state index is -0.299. The first-order valence-electron chi connectivity index (χ1n) is 3.90. The molecule has 1 aromatic rings. The van der Waals surface area contributed by atoms with Gasteiger partial charge >= 0.3 is 0 Å². The van der Waals surface area contributed by atoms with Gasteiger partial charge in [0.2, 0.25) is 0 Å². The van der Waals surface area contributed by atoms with Gasteiger partial charge in [-0.3, -0.25) is 4.79 Å². The lowest BCUT2D eigenvalue weighted by molar-refractivity contribution is 0.0946. The third-order valence-electron chi connectivity index (χ3n) is 1.97. The first-order valence-corrected chi connectivity index (χ1v) is 5.57. The number of carbonyl (C=O) groups excluding carboxylic acids is 1. The maximum Gasteiger partial charge on any atom is 0.183 e. The van der Waals surface area contributed by atoms with E-state index < -0.39 is 0 Å². The Hall–Kier alpha value is -0.250. The van der Waals surface area contributed by atoms with E-state index in [2.05, 4.69) is 15.9 Å². The van der Waals surface area contributed by atoms with Crippen LogP contribution < -0.4 is 4.74 Å². The normalized spacial score (nSPS) is 20.2. The fraction of sp³-hybridized carbons (Fsp3) is 0.222. The second kappa shape index (κ2) is 3.72. The first kappa shape index (κ1) is 10.3. The number of benzene rings is 1. The Labute approximate surface area is 99.3 Å². The van der Waals surface area contributed by atoms with Crippen LogP contribution in [0.4, 0.5) is 0 Å². The van der Waals surface area contributed by atoms with Crippen molar-refractivity contribution in [2.24, 2.45) is 0 Å². The number of ether oxygens (including phenoxy) is 1. The topological polar surface area (TPSA) is 26.3 Å². The van der Waals surface area contributed by atoms with Gasteiger partial charge in [-0.1, -0.05) is 39.1 Å². The largest absolute Gasteiger partial charge is 0.490 e. The number of hydrogen-bond acceptors (Lipinski definition) is 2. The molecule has 14 heavy (non-hydrogen) atoms. The summed E-state index contributed by atoms with van der Waals surface area (Å²) in [5.74, 6) is 0.365. The predicted molar refractivity (Wildman–Crippen MR) is 59.0 cm³/mol. The highest BCUT2D eigenvalue weighted by atomic mass is 79.9. The Morgan fingerprint density at radius 3 is 2.86 bits per heavy atom. The zero-order chi connectivity index (χ0) is 10.3. The number of hydrogen-bond donors (Lipinski definition) is 0. The number of Topliss-reactive ketones (excluding diaryl/α,β-unsaturated/α-hetero) is 1. The van der Waals surface area contributed by atoms with Gasteiger partial charge in [0.25, 0.3) is 0 Å². The van der Waals surface area contributed by atoms with Gasteiger partial charge in [-0.15, -0.1) is 0 Å². The second-order valence-corrected chi connectivity index (χ2v) is 4.77. The molecule has 0 aromatic heterocycles. The average Bonchev–Trinajstić information content (AvgIpc) is 2.17. The van der Waals surface area contributed by atoms with Crippen molar-refractivity contribution in [3.63, 3.8) is 0 Å². The Morgan fingerprint density at radius 1 is 1.43 bits per heavy atom. The lowest BCUT2D eigenvalue weighted by atomic mass is 10.1. The zero-order valence-corrected chi connectivity index (χ0v) is 9.99. The summed E-state index contributed by atoms with van der Waals surface area (Å²) in [7, 11) is 0. The van der Waals surface area contributed by atoms with E-state index in [0.29, 0.717) is 21.4 Å². The van der Waals surface area contributed by atoms with Crippen LogP contribution in [0, 0.1) is 0 Å². The van der Waals surface area contributed by atoms with Crippen molar-refractivity contribution >= 4 is 44.9 Å². The van der Waals surface area contributed by atoms with Crippen molar-refractivity contribution in [1.29, 1.82) is 0 Å². The molecule has 74 valence electrons. The molecular weight excluding hydrogens is 291 g/mol. The summed E-state index contributed by atoms with van der Waals surface area (Å²) >= 11 is 14.9. The monoisotopic (exact) mass is 294 g/mol. The maximum absolute atomic E-state index is 11.7. The molecule has 1 aliphatic heterocycles. The summed E-state index contributed by atoms with van der Waals surface area (Å²) in [5, 5.41) is 0.697. The Morgan fingerprint density at radius 2 is 2.14 bits per heavy atom. The fourth-order valence-electron chi connectivity index (χ4n) is 1.27. The lowest BCUT2D eigenvalue weighted by Crippen LogP contribution is -2.28. The molecular formula is C9H5BrCl2O2. The minimum absolute atomic E-state index is 0.0233. The molecule has 0 radical (unpaired) electrons. The first-order chi connectivity index (χ1) is 6.61. The summed E-state index contributed by atoms with van der Waals surface area (Å²) in [6.07, 6.45) is 0. The van der Waals surface area contributed by atoms with Crippen LogP contribution in [0.1, 0.15) is 10.4 Å². The quantitative estimate of drug-likeness (QED) is 0.686. The number of rotatable bonds is 0. The molecule has 0 fully saturated rings. The Balaban J connectivity index is 2.59. The summed E-state index contributed by atoms with van der Waals surface area (Å²) in [6.45, 7) is 0.284. The third kappa shape index (κ3) is 1.53. The number of carbonyl (C=O) groups is 1. The van der Waals surface area contributed by atoms with Crippen molar-refractivity contribution in [2.45, 2.75) is 4.83 Å². The molecule has 1 atom stereocenters. The Bertz CT molecular complexity index is 406. The van der Waals surface area contributed by atoms with Crippen molar-refractivity contribution in [1.82, 2.24) is 0 Å². The van der Waals surface area contributed by atoms with Crippen molar-refractivity contribution in [3.05, 3.63) is 27.7 Å². The smallest absolute Gasteiger partial charge is 0.183 e. The molecule has 2 rings (SSSR count).